The number of ether oxygens (including phenoxy) is 1. The van der Waals surface area contributed by atoms with E-state index in [9.17, 15) is 4.79 Å². The predicted molar refractivity (Wildman–Crippen MR) is 85.5 cm³/mol. The minimum atomic E-state index is -0.468. The van der Waals surface area contributed by atoms with Gasteiger partial charge in [-0.2, -0.15) is 5.10 Å². The molecule has 0 saturated carbocycles. The van der Waals surface area contributed by atoms with Gasteiger partial charge in [0.2, 0.25) is 0 Å². The summed E-state index contributed by atoms with van der Waals surface area (Å²) in [6, 6.07) is 0. The van der Waals surface area contributed by atoms with Gasteiger partial charge in [0.05, 0.1) is 12.1 Å². The van der Waals surface area contributed by atoms with Crippen molar-refractivity contribution < 1.29 is 9.53 Å². The van der Waals surface area contributed by atoms with E-state index in [1.165, 1.54) is 0 Å². The summed E-state index contributed by atoms with van der Waals surface area (Å²) in [5, 5.41) is 7.60. The highest BCUT2D eigenvalue weighted by Gasteiger charge is 2.31. The highest BCUT2D eigenvalue weighted by Crippen LogP contribution is 2.32. The number of nitrogens with zero attached hydrogens (tertiary/aromatic N) is 1. The third-order valence-electron chi connectivity index (χ3n) is 3.07. The lowest BCUT2D eigenvalue weighted by Crippen LogP contribution is -2.27. The Morgan fingerprint density at radius 3 is 1.90 bits per heavy atom. The Morgan fingerprint density at radius 1 is 1.00 bits per heavy atom. The summed E-state index contributed by atoms with van der Waals surface area (Å²) in [4.78, 5) is 12.2. The molecular weight excluding hydrogens is 264 g/mol. The summed E-state index contributed by atoms with van der Waals surface area (Å²) in [7, 11) is 0. The second-order valence-corrected chi connectivity index (χ2v) is 8.69. The molecule has 0 unspecified atom stereocenters. The lowest BCUT2D eigenvalue weighted by molar-refractivity contribution is -0.153. The summed E-state index contributed by atoms with van der Waals surface area (Å²) in [6.45, 7) is 18.3. The third kappa shape index (κ3) is 4.87. The molecule has 1 rings (SSSR count). The molecular formula is C17H30N2O2. The van der Waals surface area contributed by atoms with E-state index in [-0.39, 0.29) is 23.2 Å². The van der Waals surface area contributed by atoms with Gasteiger partial charge in [0.1, 0.15) is 5.60 Å². The van der Waals surface area contributed by atoms with Crippen molar-refractivity contribution in [1.29, 1.82) is 0 Å². The molecule has 1 heterocycles. The number of nitrogens with one attached hydrogen (secondary N) is 1. The Balaban J connectivity index is 3.19. The number of H-pyrrole nitrogens is 1. The first-order valence-corrected chi connectivity index (χ1v) is 7.52. The first-order valence-electron chi connectivity index (χ1n) is 7.52. The number of aromatic nitrogens is 2. The van der Waals surface area contributed by atoms with E-state index in [0.717, 1.165) is 17.0 Å². The van der Waals surface area contributed by atoms with E-state index >= 15 is 0 Å². The van der Waals surface area contributed by atoms with Crippen molar-refractivity contribution in [2.45, 2.75) is 85.2 Å². The van der Waals surface area contributed by atoms with Gasteiger partial charge in [0, 0.05) is 22.1 Å². The highest BCUT2D eigenvalue weighted by atomic mass is 16.6. The smallest absolute Gasteiger partial charge is 0.310 e. The number of esters is 1. The van der Waals surface area contributed by atoms with Gasteiger partial charge >= 0.3 is 5.97 Å². The van der Waals surface area contributed by atoms with Crippen molar-refractivity contribution in [2.24, 2.45) is 0 Å². The molecule has 1 N–H and O–H groups in total. The zero-order valence-corrected chi connectivity index (χ0v) is 15.0. The van der Waals surface area contributed by atoms with Crippen LogP contribution in [0.25, 0.3) is 0 Å². The Labute approximate surface area is 128 Å². The fraction of sp³-hybridized carbons (Fsp3) is 0.765. The number of hydrogen-bond acceptors (Lipinski definition) is 3. The normalized spacial score (nSPS) is 13.4. The van der Waals surface area contributed by atoms with Crippen LogP contribution in [0, 0.1) is 0 Å². The number of rotatable bonds is 2. The summed E-state index contributed by atoms with van der Waals surface area (Å²) in [6.07, 6.45) is 0.257. The van der Waals surface area contributed by atoms with Crippen LogP contribution in [0.1, 0.15) is 79.3 Å². The van der Waals surface area contributed by atoms with Gasteiger partial charge in [0.15, 0.2) is 0 Å². The molecule has 4 nitrogen and oxygen atoms in total. The summed E-state index contributed by atoms with van der Waals surface area (Å²) in [5.74, 6) is -0.208. The summed E-state index contributed by atoms with van der Waals surface area (Å²) < 4.78 is 5.47. The van der Waals surface area contributed by atoms with Crippen LogP contribution in [0.5, 0.6) is 0 Å². The van der Waals surface area contributed by atoms with E-state index in [0.29, 0.717) is 0 Å². The number of aromatic amines is 1. The first-order chi connectivity index (χ1) is 9.22. The van der Waals surface area contributed by atoms with Gasteiger partial charge in [-0.15, -0.1) is 0 Å². The second kappa shape index (κ2) is 5.47. The summed E-state index contributed by atoms with van der Waals surface area (Å²) >= 11 is 0. The molecule has 0 amide bonds. The molecule has 0 saturated heterocycles. The van der Waals surface area contributed by atoms with Gasteiger partial charge in [-0.25, -0.2) is 0 Å². The van der Waals surface area contributed by atoms with Gasteiger partial charge in [-0.05, 0) is 20.8 Å². The fourth-order valence-electron chi connectivity index (χ4n) is 2.30. The molecule has 0 fully saturated rings. The molecule has 0 radical (unpaired) electrons. The monoisotopic (exact) mass is 294 g/mol. The zero-order chi connectivity index (χ0) is 16.6. The second-order valence-electron chi connectivity index (χ2n) is 8.69. The Morgan fingerprint density at radius 2 is 1.52 bits per heavy atom. The topological polar surface area (TPSA) is 55.0 Å². The Hall–Kier alpha value is -1.32. The maximum atomic E-state index is 12.2. The van der Waals surface area contributed by atoms with Crippen LogP contribution < -0.4 is 0 Å². The van der Waals surface area contributed by atoms with Crippen LogP contribution in [0.3, 0.4) is 0 Å². The number of carbonyl (C=O) groups is 1. The quantitative estimate of drug-likeness (QED) is 0.842. The van der Waals surface area contributed by atoms with Crippen LogP contribution in [0.2, 0.25) is 0 Å². The molecule has 120 valence electrons. The van der Waals surface area contributed by atoms with Crippen molar-refractivity contribution in [3.8, 4) is 0 Å². The number of carbonyl (C=O) groups excluding carboxylic acids is 1. The predicted octanol–water partition coefficient (Wildman–Crippen LogP) is 3.89. The van der Waals surface area contributed by atoms with E-state index in [2.05, 4.69) is 51.7 Å². The van der Waals surface area contributed by atoms with Gasteiger partial charge < -0.3 is 4.74 Å². The van der Waals surface area contributed by atoms with Gasteiger partial charge in [-0.1, -0.05) is 41.5 Å². The van der Waals surface area contributed by atoms with E-state index < -0.39 is 5.60 Å². The molecule has 0 spiro atoms. The van der Waals surface area contributed by atoms with Crippen LogP contribution in [-0.2, 0) is 26.8 Å². The molecule has 4 heteroatoms. The van der Waals surface area contributed by atoms with E-state index in [1.54, 1.807) is 0 Å². The molecule has 0 aromatic carbocycles. The zero-order valence-electron chi connectivity index (χ0n) is 15.0. The van der Waals surface area contributed by atoms with E-state index in [1.807, 2.05) is 20.8 Å². The van der Waals surface area contributed by atoms with Crippen LogP contribution in [0.15, 0.2) is 0 Å². The van der Waals surface area contributed by atoms with Crippen molar-refractivity contribution in [2.75, 3.05) is 0 Å². The minimum Gasteiger partial charge on any atom is -0.460 e. The lowest BCUT2D eigenvalue weighted by atomic mass is 9.82. The minimum absolute atomic E-state index is 0.0894. The maximum Gasteiger partial charge on any atom is 0.310 e. The van der Waals surface area contributed by atoms with Gasteiger partial charge in [0.25, 0.3) is 0 Å². The molecule has 21 heavy (non-hydrogen) atoms. The largest absolute Gasteiger partial charge is 0.460 e. The fourth-order valence-corrected chi connectivity index (χ4v) is 2.30. The lowest BCUT2D eigenvalue weighted by Gasteiger charge is -2.24. The van der Waals surface area contributed by atoms with Crippen molar-refractivity contribution >= 4 is 5.97 Å². The molecule has 1 aromatic heterocycles. The average molecular weight is 294 g/mol. The maximum absolute atomic E-state index is 12.2. The molecule has 0 atom stereocenters. The molecule has 0 aliphatic heterocycles. The van der Waals surface area contributed by atoms with Crippen molar-refractivity contribution in [3.63, 3.8) is 0 Å². The number of hydrogen-bond donors (Lipinski definition) is 1. The van der Waals surface area contributed by atoms with Crippen molar-refractivity contribution in [3.05, 3.63) is 17.0 Å². The molecule has 0 aliphatic carbocycles. The van der Waals surface area contributed by atoms with Crippen LogP contribution in [0.4, 0.5) is 0 Å². The van der Waals surface area contributed by atoms with E-state index in [4.69, 9.17) is 4.74 Å². The van der Waals surface area contributed by atoms with Crippen molar-refractivity contribution in [1.82, 2.24) is 10.2 Å². The highest BCUT2D eigenvalue weighted by molar-refractivity contribution is 5.74. The summed E-state index contributed by atoms with van der Waals surface area (Å²) in [5.41, 5.74) is 2.26. The third-order valence-corrected chi connectivity index (χ3v) is 3.07. The standard InChI is InChI=1S/C17H30N2O2/c1-15(2,3)13-11(10-12(20)21-17(7,8)9)14(19-18-13)16(4,5)6/h10H2,1-9H3,(H,18,19). The molecule has 0 bridgehead atoms. The van der Waals surface area contributed by atoms with Crippen LogP contribution >= 0.6 is 0 Å². The SMILES string of the molecule is CC(C)(C)OC(=O)Cc1c(C(C)(C)C)n[nH]c1C(C)(C)C. The Kier molecular flexibility index (Phi) is 4.62. The Bertz CT molecular complexity index is 477. The van der Waals surface area contributed by atoms with Crippen LogP contribution in [-0.4, -0.2) is 21.8 Å². The molecule has 0 aliphatic rings. The molecule has 1 aromatic rings. The first kappa shape index (κ1) is 17.7. The average Bonchev–Trinajstić information content (AvgIpc) is 2.55. The van der Waals surface area contributed by atoms with Gasteiger partial charge in [-0.3, -0.25) is 9.89 Å².